The number of carbonyl (C=O) groups is 2. The lowest BCUT2D eigenvalue weighted by atomic mass is 9.94. The molecule has 2 amide bonds. The third kappa shape index (κ3) is 8.61. The van der Waals surface area contributed by atoms with Crippen LogP contribution in [0.2, 0.25) is 0 Å². The van der Waals surface area contributed by atoms with E-state index in [1.807, 2.05) is 54.6 Å². The predicted molar refractivity (Wildman–Crippen MR) is 181 cm³/mol. The second-order valence-corrected chi connectivity index (χ2v) is 14.3. The maximum atomic E-state index is 14.5. The smallest absolute Gasteiger partial charge is 0.264 e. The summed E-state index contributed by atoms with van der Waals surface area (Å²) < 4.78 is 43.8. The van der Waals surface area contributed by atoms with Crippen molar-refractivity contribution < 1.29 is 22.4 Å². The molecule has 1 atom stereocenters. The van der Waals surface area contributed by atoms with Gasteiger partial charge in [-0.15, -0.1) is 0 Å². The van der Waals surface area contributed by atoms with E-state index in [0.717, 1.165) is 64.1 Å². The number of hydrogen-bond acceptors (Lipinski definition) is 4. The lowest BCUT2D eigenvalue weighted by Gasteiger charge is -2.35. The molecule has 1 unspecified atom stereocenters. The number of benzene rings is 4. The van der Waals surface area contributed by atoms with Crippen LogP contribution in [0.3, 0.4) is 0 Å². The molecule has 4 aromatic rings. The van der Waals surface area contributed by atoms with Crippen LogP contribution >= 0.6 is 15.9 Å². The summed E-state index contributed by atoms with van der Waals surface area (Å²) in [5.74, 6) is -1.38. The highest BCUT2D eigenvalue weighted by Gasteiger charge is 2.35. The van der Waals surface area contributed by atoms with Crippen LogP contribution in [0.1, 0.15) is 43.2 Å². The molecule has 0 spiro atoms. The minimum Gasteiger partial charge on any atom is -0.352 e. The summed E-state index contributed by atoms with van der Waals surface area (Å²) in [6.45, 7) is -0.532. The Balaban J connectivity index is 1.55. The first kappa shape index (κ1) is 33.3. The summed E-state index contributed by atoms with van der Waals surface area (Å²) in [5.41, 5.74) is 1.77. The van der Waals surface area contributed by atoms with Gasteiger partial charge in [-0.3, -0.25) is 13.9 Å². The van der Waals surface area contributed by atoms with Gasteiger partial charge in [-0.25, -0.2) is 12.8 Å². The van der Waals surface area contributed by atoms with Crippen molar-refractivity contribution in [2.45, 2.75) is 62.0 Å². The fourth-order valence-corrected chi connectivity index (χ4v) is 7.67. The Morgan fingerprint density at radius 3 is 2.11 bits per heavy atom. The van der Waals surface area contributed by atoms with Crippen molar-refractivity contribution in [2.75, 3.05) is 10.8 Å². The number of halogens is 2. The van der Waals surface area contributed by atoms with Crippen LogP contribution in [-0.4, -0.2) is 43.8 Å². The molecule has 240 valence electrons. The molecule has 0 radical (unpaired) electrons. The molecule has 0 heterocycles. The SMILES string of the molecule is O=C(NC1CCCCC1)C(Cc1ccccc1)N(Cc1cccc(Br)c1)C(=O)CN(c1ccc(F)cc1)S(=O)(=O)c1ccccc1. The van der Waals surface area contributed by atoms with Crippen molar-refractivity contribution in [3.05, 3.63) is 131 Å². The van der Waals surface area contributed by atoms with E-state index in [4.69, 9.17) is 0 Å². The average Bonchev–Trinajstić information content (AvgIpc) is 3.07. The molecule has 10 heteroatoms. The van der Waals surface area contributed by atoms with Crippen LogP contribution in [0.15, 0.2) is 119 Å². The highest BCUT2D eigenvalue weighted by molar-refractivity contribution is 9.10. The standard InChI is InChI=1S/C36H37BrFN3O4S/c37-29-14-10-13-28(23-29)25-40(34(24-27-11-4-1-5-12-27)36(43)39-31-15-6-2-7-16-31)35(42)26-41(32-21-19-30(38)20-22-32)46(44,45)33-17-8-3-9-18-33/h1,3-5,8-14,17-23,31,34H,2,6-7,15-16,24-26H2,(H,39,43). The molecule has 1 aliphatic carbocycles. The van der Waals surface area contributed by atoms with Gasteiger partial charge in [-0.2, -0.15) is 0 Å². The van der Waals surface area contributed by atoms with Gasteiger partial charge in [0.15, 0.2) is 0 Å². The van der Waals surface area contributed by atoms with Gasteiger partial charge in [-0.05, 0) is 72.5 Å². The summed E-state index contributed by atoms with van der Waals surface area (Å²) in [6.07, 6.45) is 5.16. The fraction of sp³-hybridized carbons (Fsp3) is 0.278. The Morgan fingerprint density at radius 1 is 0.826 bits per heavy atom. The normalized spacial score (nSPS) is 14.3. The van der Waals surface area contributed by atoms with Crippen LogP contribution in [0.25, 0.3) is 0 Å². The first-order chi connectivity index (χ1) is 22.2. The monoisotopic (exact) mass is 705 g/mol. The van der Waals surface area contributed by atoms with Crippen molar-refractivity contribution in [1.29, 1.82) is 0 Å². The van der Waals surface area contributed by atoms with E-state index in [1.54, 1.807) is 18.2 Å². The molecule has 1 N–H and O–H groups in total. The first-order valence-electron chi connectivity index (χ1n) is 15.4. The van der Waals surface area contributed by atoms with Crippen LogP contribution in [0.4, 0.5) is 10.1 Å². The molecule has 1 aliphatic rings. The summed E-state index contributed by atoms with van der Waals surface area (Å²) in [6, 6.07) is 28.8. The van der Waals surface area contributed by atoms with Crippen molar-refractivity contribution in [3.63, 3.8) is 0 Å². The van der Waals surface area contributed by atoms with Gasteiger partial charge in [0.05, 0.1) is 10.6 Å². The maximum absolute atomic E-state index is 14.5. The first-order valence-corrected chi connectivity index (χ1v) is 17.7. The van der Waals surface area contributed by atoms with Gasteiger partial charge in [0.1, 0.15) is 18.4 Å². The minimum absolute atomic E-state index is 0.0107. The van der Waals surface area contributed by atoms with Gasteiger partial charge in [-0.1, -0.05) is 95.9 Å². The van der Waals surface area contributed by atoms with Crippen molar-refractivity contribution in [1.82, 2.24) is 10.2 Å². The van der Waals surface area contributed by atoms with Crippen LogP contribution in [0, 0.1) is 5.82 Å². The van der Waals surface area contributed by atoms with E-state index in [9.17, 15) is 22.4 Å². The molecule has 4 aromatic carbocycles. The molecule has 5 rings (SSSR count). The number of rotatable bonds is 12. The quantitative estimate of drug-likeness (QED) is 0.174. The number of hydrogen-bond donors (Lipinski definition) is 1. The van der Waals surface area contributed by atoms with Crippen molar-refractivity contribution in [3.8, 4) is 0 Å². The number of carbonyl (C=O) groups excluding carboxylic acids is 2. The average molecular weight is 707 g/mol. The number of nitrogens with one attached hydrogen (secondary N) is 1. The molecule has 0 bridgehead atoms. The van der Waals surface area contributed by atoms with Gasteiger partial charge in [0.25, 0.3) is 10.0 Å². The topological polar surface area (TPSA) is 86.8 Å². The highest BCUT2D eigenvalue weighted by atomic mass is 79.9. The predicted octanol–water partition coefficient (Wildman–Crippen LogP) is 6.87. The zero-order chi connectivity index (χ0) is 32.5. The van der Waals surface area contributed by atoms with E-state index < -0.39 is 34.3 Å². The molecule has 0 saturated heterocycles. The van der Waals surface area contributed by atoms with E-state index in [0.29, 0.717) is 0 Å². The second kappa shape index (κ2) is 15.5. The number of anilines is 1. The lowest BCUT2D eigenvalue weighted by molar-refractivity contribution is -0.140. The van der Waals surface area contributed by atoms with Crippen molar-refractivity contribution >= 4 is 43.5 Å². The van der Waals surface area contributed by atoms with E-state index in [-0.39, 0.29) is 35.5 Å². The summed E-state index contributed by atoms with van der Waals surface area (Å²) in [5, 5.41) is 3.20. The Bertz CT molecular complexity index is 1720. The summed E-state index contributed by atoms with van der Waals surface area (Å²) in [7, 11) is -4.25. The molecule has 46 heavy (non-hydrogen) atoms. The Morgan fingerprint density at radius 2 is 1.46 bits per heavy atom. The molecule has 1 fully saturated rings. The van der Waals surface area contributed by atoms with Gasteiger partial charge in [0, 0.05) is 23.5 Å². The van der Waals surface area contributed by atoms with Crippen LogP contribution in [0.5, 0.6) is 0 Å². The Labute approximate surface area is 278 Å². The number of amides is 2. The van der Waals surface area contributed by atoms with E-state index in [2.05, 4.69) is 21.2 Å². The maximum Gasteiger partial charge on any atom is 0.264 e. The number of sulfonamides is 1. The molecular weight excluding hydrogens is 669 g/mol. The lowest BCUT2D eigenvalue weighted by Crippen LogP contribution is -2.55. The molecular formula is C36H37BrFN3O4S. The summed E-state index contributed by atoms with van der Waals surface area (Å²) >= 11 is 3.50. The molecule has 0 aromatic heterocycles. The Hall–Kier alpha value is -4.02. The van der Waals surface area contributed by atoms with Crippen LogP contribution in [-0.2, 0) is 32.6 Å². The van der Waals surface area contributed by atoms with Gasteiger partial charge in [0.2, 0.25) is 11.8 Å². The molecule has 0 aliphatic heterocycles. The Kier molecular flexibility index (Phi) is 11.2. The van der Waals surface area contributed by atoms with Gasteiger partial charge < -0.3 is 10.2 Å². The highest BCUT2D eigenvalue weighted by Crippen LogP contribution is 2.26. The largest absolute Gasteiger partial charge is 0.352 e. The molecule has 1 saturated carbocycles. The summed E-state index contributed by atoms with van der Waals surface area (Å²) in [4.78, 5) is 30.1. The van der Waals surface area contributed by atoms with E-state index in [1.165, 1.54) is 29.2 Å². The molecule has 7 nitrogen and oxygen atoms in total. The third-order valence-electron chi connectivity index (χ3n) is 8.19. The van der Waals surface area contributed by atoms with Gasteiger partial charge >= 0.3 is 0 Å². The second-order valence-electron chi connectivity index (χ2n) is 11.5. The zero-order valence-corrected chi connectivity index (χ0v) is 27.8. The third-order valence-corrected chi connectivity index (χ3v) is 10.5. The number of nitrogens with zero attached hydrogens (tertiary/aromatic N) is 2. The van der Waals surface area contributed by atoms with Crippen molar-refractivity contribution in [2.24, 2.45) is 0 Å². The minimum atomic E-state index is -4.25. The fourth-order valence-electron chi connectivity index (χ4n) is 5.79. The zero-order valence-electron chi connectivity index (χ0n) is 25.4. The van der Waals surface area contributed by atoms with Crippen LogP contribution < -0.4 is 9.62 Å². The van der Waals surface area contributed by atoms with E-state index >= 15 is 0 Å².